The zero-order chi connectivity index (χ0) is 18.5. The van der Waals surface area contributed by atoms with Crippen molar-refractivity contribution in [1.82, 2.24) is 25.3 Å². The molecule has 0 saturated carbocycles. The van der Waals surface area contributed by atoms with Crippen LogP contribution in [0.5, 0.6) is 0 Å². The van der Waals surface area contributed by atoms with Gasteiger partial charge in [-0.1, -0.05) is 12.1 Å². The maximum absolute atomic E-state index is 12.2. The maximum Gasteiger partial charge on any atom is 0.271 e. The Morgan fingerprint density at radius 1 is 1.08 bits per heavy atom. The van der Waals surface area contributed by atoms with Crippen LogP contribution in [0.4, 0.5) is 11.8 Å². The van der Waals surface area contributed by atoms with Crippen molar-refractivity contribution in [2.75, 3.05) is 37.4 Å². The Kier molecular flexibility index (Phi) is 5.21. The van der Waals surface area contributed by atoms with Crippen molar-refractivity contribution in [2.45, 2.75) is 6.92 Å². The van der Waals surface area contributed by atoms with Crippen LogP contribution in [0.3, 0.4) is 0 Å². The van der Waals surface area contributed by atoms with Crippen LogP contribution in [-0.2, 0) is 0 Å². The van der Waals surface area contributed by atoms with Crippen molar-refractivity contribution < 1.29 is 4.79 Å². The molecule has 26 heavy (non-hydrogen) atoms. The minimum Gasteiger partial charge on any atom is -0.363 e. The number of benzene rings is 1. The van der Waals surface area contributed by atoms with Crippen molar-refractivity contribution in [3.8, 4) is 0 Å². The normalized spacial score (nSPS) is 10.6. The number of para-hydroxylation sites is 2. The number of aryl methyl sites for hydroxylation is 1. The van der Waals surface area contributed by atoms with Gasteiger partial charge in [-0.15, -0.1) is 0 Å². The number of nitrogens with zero attached hydrogens (tertiary/aromatic N) is 5. The Morgan fingerprint density at radius 2 is 1.85 bits per heavy atom. The first-order chi connectivity index (χ1) is 12.5. The van der Waals surface area contributed by atoms with E-state index in [-0.39, 0.29) is 5.91 Å². The van der Waals surface area contributed by atoms with Crippen molar-refractivity contribution >= 4 is 28.7 Å². The lowest BCUT2D eigenvalue weighted by Gasteiger charge is -2.13. The highest BCUT2D eigenvalue weighted by Crippen LogP contribution is 2.11. The summed E-state index contributed by atoms with van der Waals surface area (Å²) < 4.78 is 0. The lowest BCUT2D eigenvalue weighted by molar-refractivity contribution is 0.0950. The van der Waals surface area contributed by atoms with Gasteiger partial charge < -0.3 is 15.5 Å². The predicted molar refractivity (Wildman–Crippen MR) is 101 cm³/mol. The van der Waals surface area contributed by atoms with E-state index in [9.17, 15) is 4.79 Å². The van der Waals surface area contributed by atoms with Gasteiger partial charge in [-0.2, -0.15) is 4.98 Å². The van der Waals surface area contributed by atoms with Gasteiger partial charge in [-0.3, -0.25) is 9.78 Å². The van der Waals surface area contributed by atoms with Gasteiger partial charge in [0.1, 0.15) is 11.5 Å². The Balaban J connectivity index is 1.55. The minimum absolute atomic E-state index is 0.260. The second kappa shape index (κ2) is 7.73. The van der Waals surface area contributed by atoms with Crippen LogP contribution in [0.15, 0.2) is 36.5 Å². The molecule has 134 valence electrons. The van der Waals surface area contributed by atoms with E-state index in [1.54, 1.807) is 0 Å². The van der Waals surface area contributed by atoms with E-state index >= 15 is 0 Å². The van der Waals surface area contributed by atoms with Gasteiger partial charge in [0.05, 0.1) is 17.2 Å². The molecule has 8 nitrogen and oxygen atoms in total. The van der Waals surface area contributed by atoms with Crippen molar-refractivity contribution in [3.05, 3.63) is 47.9 Å². The molecule has 0 aliphatic heterocycles. The van der Waals surface area contributed by atoms with E-state index < -0.39 is 0 Å². The summed E-state index contributed by atoms with van der Waals surface area (Å²) in [5, 5.41) is 5.93. The third kappa shape index (κ3) is 4.21. The second-order valence-electron chi connectivity index (χ2n) is 6.01. The number of rotatable bonds is 6. The molecule has 3 rings (SSSR count). The standard InChI is InChI=1S/C18H21N7O/c1-12-10-16(25(2)3)24-18(22-12)20-9-8-19-17(26)15-11-21-13-6-4-5-7-14(13)23-15/h4-7,10-11H,8-9H2,1-3H3,(H,19,26)(H,20,22,24). The molecule has 0 aliphatic rings. The summed E-state index contributed by atoms with van der Waals surface area (Å²) in [7, 11) is 3.85. The summed E-state index contributed by atoms with van der Waals surface area (Å²) in [6.45, 7) is 2.84. The summed E-state index contributed by atoms with van der Waals surface area (Å²) in [5.74, 6) is 1.10. The zero-order valence-corrected chi connectivity index (χ0v) is 15.0. The highest BCUT2D eigenvalue weighted by molar-refractivity contribution is 5.93. The van der Waals surface area contributed by atoms with Crippen molar-refractivity contribution in [2.24, 2.45) is 0 Å². The van der Waals surface area contributed by atoms with Crippen LogP contribution in [0.1, 0.15) is 16.2 Å². The van der Waals surface area contributed by atoms with E-state index in [2.05, 4.69) is 30.6 Å². The third-order valence-corrected chi connectivity index (χ3v) is 3.67. The third-order valence-electron chi connectivity index (χ3n) is 3.67. The first-order valence-electron chi connectivity index (χ1n) is 8.30. The number of fused-ring (bicyclic) bond motifs is 1. The molecule has 0 atom stereocenters. The summed E-state index contributed by atoms with van der Waals surface area (Å²) in [6, 6.07) is 9.35. The van der Waals surface area contributed by atoms with Gasteiger partial charge >= 0.3 is 0 Å². The lowest BCUT2D eigenvalue weighted by Crippen LogP contribution is -2.30. The highest BCUT2D eigenvalue weighted by Gasteiger charge is 2.09. The number of carbonyl (C=O) groups excluding carboxylic acids is 1. The first-order valence-corrected chi connectivity index (χ1v) is 8.30. The topological polar surface area (TPSA) is 95.9 Å². The van der Waals surface area contributed by atoms with E-state index in [4.69, 9.17) is 0 Å². The molecule has 0 fully saturated rings. The van der Waals surface area contributed by atoms with Gasteiger partial charge in [0.25, 0.3) is 5.91 Å². The van der Waals surface area contributed by atoms with Gasteiger partial charge in [-0.05, 0) is 19.1 Å². The predicted octanol–water partition coefficient (Wildman–Crippen LogP) is 1.64. The molecule has 2 N–H and O–H groups in total. The van der Waals surface area contributed by atoms with Gasteiger partial charge in [0, 0.05) is 38.9 Å². The molecule has 0 saturated heterocycles. The fourth-order valence-corrected chi connectivity index (χ4v) is 2.37. The monoisotopic (exact) mass is 351 g/mol. The number of amides is 1. The van der Waals surface area contributed by atoms with E-state index in [0.717, 1.165) is 17.0 Å². The van der Waals surface area contributed by atoms with Gasteiger partial charge in [-0.25, -0.2) is 9.97 Å². The number of nitrogens with one attached hydrogen (secondary N) is 2. The maximum atomic E-state index is 12.2. The summed E-state index contributed by atoms with van der Waals surface area (Å²) in [4.78, 5) is 31.5. The number of hydrogen-bond acceptors (Lipinski definition) is 7. The number of carbonyl (C=O) groups is 1. The number of anilines is 2. The molecule has 0 spiro atoms. The van der Waals surface area contributed by atoms with E-state index in [1.165, 1.54) is 6.20 Å². The molecule has 0 aliphatic carbocycles. The molecule has 1 amide bonds. The molecule has 2 heterocycles. The SMILES string of the molecule is Cc1cc(N(C)C)nc(NCCNC(=O)c2cnc3ccccc3n2)n1. The molecule has 0 bridgehead atoms. The average molecular weight is 351 g/mol. The van der Waals surface area contributed by atoms with Crippen molar-refractivity contribution in [1.29, 1.82) is 0 Å². The molecule has 0 radical (unpaired) electrons. The largest absolute Gasteiger partial charge is 0.363 e. The average Bonchev–Trinajstić information content (AvgIpc) is 2.64. The van der Waals surface area contributed by atoms with E-state index in [1.807, 2.05) is 56.3 Å². The molecule has 1 aromatic carbocycles. The molecule has 3 aromatic rings. The summed E-state index contributed by atoms with van der Waals surface area (Å²) >= 11 is 0. The van der Waals surface area contributed by atoms with Crippen LogP contribution < -0.4 is 15.5 Å². The molecule has 2 aromatic heterocycles. The van der Waals surface area contributed by atoms with E-state index in [0.29, 0.717) is 30.2 Å². The number of aromatic nitrogens is 4. The smallest absolute Gasteiger partial charge is 0.271 e. The molecular weight excluding hydrogens is 330 g/mol. The zero-order valence-electron chi connectivity index (χ0n) is 15.0. The summed E-state index contributed by atoms with van der Waals surface area (Å²) in [6.07, 6.45) is 1.48. The van der Waals surface area contributed by atoms with Crippen LogP contribution in [0.2, 0.25) is 0 Å². The van der Waals surface area contributed by atoms with Crippen LogP contribution in [0.25, 0.3) is 11.0 Å². The van der Waals surface area contributed by atoms with Gasteiger partial charge in [0.2, 0.25) is 5.95 Å². The molecular formula is C18H21N7O. The number of hydrogen-bond donors (Lipinski definition) is 2. The quantitative estimate of drug-likeness (QED) is 0.652. The fourth-order valence-electron chi connectivity index (χ4n) is 2.37. The van der Waals surface area contributed by atoms with Crippen molar-refractivity contribution in [3.63, 3.8) is 0 Å². The lowest BCUT2D eigenvalue weighted by atomic mass is 10.3. The highest BCUT2D eigenvalue weighted by atomic mass is 16.1. The minimum atomic E-state index is -0.260. The van der Waals surface area contributed by atoms with Crippen LogP contribution in [0, 0.1) is 6.92 Å². The Morgan fingerprint density at radius 3 is 2.62 bits per heavy atom. The summed E-state index contributed by atoms with van der Waals surface area (Å²) in [5.41, 5.74) is 2.63. The molecule has 0 unspecified atom stereocenters. The fraction of sp³-hybridized carbons (Fsp3) is 0.278. The Labute approximate surface area is 151 Å². The Bertz CT molecular complexity index is 926. The van der Waals surface area contributed by atoms with Crippen LogP contribution >= 0.6 is 0 Å². The van der Waals surface area contributed by atoms with Crippen LogP contribution in [-0.4, -0.2) is 53.0 Å². The first kappa shape index (κ1) is 17.5. The molecule has 8 heteroatoms. The Hall–Kier alpha value is -3.29. The second-order valence-corrected chi connectivity index (χ2v) is 6.01. The van der Waals surface area contributed by atoms with Gasteiger partial charge in [0.15, 0.2) is 0 Å².